The lowest BCUT2D eigenvalue weighted by atomic mass is 10.2. The second-order valence-electron chi connectivity index (χ2n) is 5.52. The van der Waals surface area contributed by atoms with Crippen molar-refractivity contribution >= 4 is 5.91 Å². The molecule has 0 spiro atoms. The second-order valence-corrected chi connectivity index (χ2v) is 5.52. The number of hydrogen-bond donors (Lipinski definition) is 2. The molecule has 5 heteroatoms. The molecular weight excluding hydrogens is 264 g/mol. The van der Waals surface area contributed by atoms with E-state index in [1.54, 1.807) is 0 Å². The topological polar surface area (TPSA) is 61.6 Å². The molecule has 1 heterocycles. The minimum Gasteiger partial charge on any atom is -0.351 e. The molecule has 1 aliphatic heterocycles. The smallest absolute Gasteiger partial charge is 0.234 e. The lowest BCUT2D eigenvalue weighted by Crippen LogP contribution is -2.39. The van der Waals surface area contributed by atoms with Crippen LogP contribution in [0.4, 0.5) is 0 Å². The van der Waals surface area contributed by atoms with E-state index in [-0.39, 0.29) is 5.91 Å². The molecule has 5 nitrogen and oxygen atoms in total. The van der Waals surface area contributed by atoms with Crippen molar-refractivity contribution in [1.82, 2.24) is 15.1 Å². The first-order valence-corrected chi connectivity index (χ1v) is 7.73. The average Bonchev–Trinajstić information content (AvgIpc) is 2.72. The average molecular weight is 290 g/mol. The van der Waals surface area contributed by atoms with E-state index in [4.69, 9.17) is 5.73 Å². The first-order chi connectivity index (χ1) is 10.3. The third-order valence-electron chi connectivity index (χ3n) is 3.83. The molecule has 21 heavy (non-hydrogen) atoms. The number of rotatable bonds is 6. The van der Waals surface area contributed by atoms with Crippen LogP contribution in [0.2, 0.25) is 0 Å². The van der Waals surface area contributed by atoms with Crippen LogP contribution in [0.25, 0.3) is 0 Å². The van der Waals surface area contributed by atoms with Crippen LogP contribution in [0, 0.1) is 0 Å². The highest BCUT2D eigenvalue weighted by Gasteiger charge is 2.16. The largest absolute Gasteiger partial charge is 0.351 e. The molecule has 1 aliphatic rings. The number of carbonyl (C=O) groups excluding carboxylic acids is 1. The van der Waals surface area contributed by atoms with E-state index < -0.39 is 0 Å². The molecule has 1 amide bonds. The van der Waals surface area contributed by atoms with Gasteiger partial charge < -0.3 is 16.0 Å². The van der Waals surface area contributed by atoms with Crippen molar-refractivity contribution in [1.29, 1.82) is 0 Å². The van der Waals surface area contributed by atoms with Crippen molar-refractivity contribution in [3.63, 3.8) is 0 Å². The zero-order chi connectivity index (χ0) is 14.9. The first kappa shape index (κ1) is 15.9. The molecule has 0 unspecified atom stereocenters. The Morgan fingerprint density at radius 1 is 1.10 bits per heavy atom. The van der Waals surface area contributed by atoms with Gasteiger partial charge in [0.15, 0.2) is 0 Å². The molecule has 1 fully saturated rings. The highest BCUT2D eigenvalue weighted by molar-refractivity contribution is 5.78. The van der Waals surface area contributed by atoms with E-state index in [0.717, 1.165) is 44.7 Å². The second kappa shape index (κ2) is 8.77. The van der Waals surface area contributed by atoms with Gasteiger partial charge in [0.1, 0.15) is 0 Å². The van der Waals surface area contributed by atoms with Gasteiger partial charge in [-0.15, -0.1) is 0 Å². The summed E-state index contributed by atoms with van der Waals surface area (Å²) in [4.78, 5) is 16.6. The summed E-state index contributed by atoms with van der Waals surface area (Å²) in [5.74, 6) is 0.103. The predicted molar refractivity (Wildman–Crippen MR) is 84.8 cm³/mol. The number of nitrogens with one attached hydrogen (secondary N) is 1. The molecule has 1 saturated heterocycles. The summed E-state index contributed by atoms with van der Waals surface area (Å²) < 4.78 is 0. The van der Waals surface area contributed by atoms with Gasteiger partial charge in [-0.3, -0.25) is 9.69 Å². The van der Waals surface area contributed by atoms with Gasteiger partial charge in [-0.2, -0.15) is 0 Å². The SMILES string of the molecule is NCCN1CCCN(CC(=O)NCc2ccccc2)CC1. The third kappa shape index (κ3) is 5.83. The van der Waals surface area contributed by atoms with Crippen LogP contribution in [0.3, 0.4) is 0 Å². The van der Waals surface area contributed by atoms with Crippen LogP contribution in [-0.4, -0.2) is 61.5 Å². The Morgan fingerprint density at radius 2 is 1.81 bits per heavy atom. The zero-order valence-corrected chi connectivity index (χ0v) is 12.6. The van der Waals surface area contributed by atoms with Gasteiger partial charge in [-0.1, -0.05) is 30.3 Å². The normalized spacial score (nSPS) is 17.4. The Kier molecular flexibility index (Phi) is 6.66. The fourth-order valence-corrected chi connectivity index (χ4v) is 2.64. The summed E-state index contributed by atoms with van der Waals surface area (Å²) in [6.45, 7) is 6.77. The minimum absolute atomic E-state index is 0.103. The molecule has 0 saturated carbocycles. The lowest BCUT2D eigenvalue weighted by Gasteiger charge is -2.20. The van der Waals surface area contributed by atoms with Crippen LogP contribution in [0.1, 0.15) is 12.0 Å². The van der Waals surface area contributed by atoms with Crippen LogP contribution >= 0.6 is 0 Å². The van der Waals surface area contributed by atoms with Gasteiger partial charge in [0.2, 0.25) is 5.91 Å². The fraction of sp³-hybridized carbons (Fsp3) is 0.562. The summed E-state index contributed by atoms with van der Waals surface area (Å²) in [7, 11) is 0. The van der Waals surface area contributed by atoms with Crippen LogP contribution in [0.15, 0.2) is 30.3 Å². The fourth-order valence-electron chi connectivity index (χ4n) is 2.64. The first-order valence-electron chi connectivity index (χ1n) is 7.73. The van der Waals surface area contributed by atoms with Gasteiger partial charge in [-0.05, 0) is 25.1 Å². The minimum atomic E-state index is 0.103. The molecule has 0 bridgehead atoms. The Bertz CT molecular complexity index is 424. The Labute approximate surface area is 127 Å². The highest BCUT2D eigenvalue weighted by atomic mass is 16.2. The molecule has 0 aliphatic carbocycles. The maximum Gasteiger partial charge on any atom is 0.234 e. The summed E-state index contributed by atoms with van der Waals surface area (Å²) in [6.07, 6.45) is 1.10. The Morgan fingerprint density at radius 3 is 2.57 bits per heavy atom. The summed E-state index contributed by atoms with van der Waals surface area (Å²) in [5.41, 5.74) is 6.74. The zero-order valence-electron chi connectivity index (χ0n) is 12.6. The molecule has 0 radical (unpaired) electrons. The molecule has 0 aromatic heterocycles. The monoisotopic (exact) mass is 290 g/mol. The van der Waals surface area contributed by atoms with E-state index in [1.807, 2.05) is 30.3 Å². The maximum absolute atomic E-state index is 12.0. The van der Waals surface area contributed by atoms with Gasteiger partial charge in [0.25, 0.3) is 0 Å². The van der Waals surface area contributed by atoms with Gasteiger partial charge >= 0.3 is 0 Å². The quantitative estimate of drug-likeness (QED) is 0.789. The van der Waals surface area contributed by atoms with E-state index in [1.165, 1.54) is 0 Å². The lowest BCUT2D eigenvalue weighted by molar-refractivity contribution is -0.122. The number of amides is 1. The number of nitrogens with two attached hydrogens (primary N) is 1. The van der Waals surface area contributed by atoms with E-state index in [0.29, 0.717) is 19.6 Å². The van der Waals surface area contributed by atoms with Crippen molar-refractivity contribution in [2.75, 3.05) is 45.8 Å². The Hall–Kier alpha value is -1.43. The third-order valence-corrected chi connectivity index (χ3v) is 3.83. The van der Waals surface area contributed by atoms with Crippen molar-refractivity contribution < 1.29 is 4.79 Å². The number of nitrogens with zero attached hydrogens (tertiary/aromatic N) is 2. The predicted octanol–water partition coefficient (Wildman–Crippen LogP) is 0.269. The molecule has 3 N–H and O–H groups in total. The Balaban J connectivity index is 1.70. The maximum atomic E-state index is 12.0. The van der Waals surface area contributed by atoms with Crippen molar-refractivity contribution in [2.24, 2.45) is 5.73 Å². The summed E-state index contributed by atoms with van der Waals surface area (Å²) >= 11 is 0. The van der Waals surface area contributed by atoms with E-state index >= 15 is 0 Å². The van der Waals surface area contributed by atoms with Crippen LogP contribution in [-0.2, 0) is 11.3 Å². The summed E-state index contributed by atoms with van der Waals surface area (Å²) in [5, 5.41) is 2.99. The van der Waals surface area contributed by atoms with Crippen LogP contribution in [0.5, 0.6) is 0 Å². The number of benzene rings is 1. The van der Waals surface area contributed by atoms with E-state index in [9.17, 15) is 4.79 Å². The van der Waals surface area contributed by atoms with Gasteiger partial charge in [-0.25, -0.2) is 0 Å². The molecule has 2 rings (SSSR count). The van der Waals surface area contributed by atoms with Gasteiger partial charge in [0, 0.05) is 32.7 Å². The number of hydrogen-bond acceptors (Lipinski definition) is 4. The molecule has 0 atom stereocenters. The van der Waals surface area contributed by atoms with Crippen molar-refractivity contribution in [3.8, 4) is 0 Å². The molecule has 1 aromatic carbocycles. The van der Waals surface area contributed by atoms with Gasteiger partial charge in [0.05, 0.1) is 6.54 Å². The van der Waals surface area contributed by atoms with Crippen molar-refractivity contribution in [3.05, 3.63) is 35.9 Å². The van der Waals surface area contributed by atoms with Crippen molar-refractivity contribution in [2.45, 2.75) is 13.0 Å². The number of carbonyl (C=O) groups is 1. The van der Waals surface area contributed by atoms with E-state index in [2.05, 4.69) is 15.1 Å². The standard InChI is InChI=1S/C16H26N4O/c17-7-10-19-8-4-9-20(12-11-19)14-16(21)18-13-15-5-2-1-3-6-15/h1-3,5-6H,4,7-14,17H2,(H,18,21). The summed E-state index contributed by atoms with van der Waals surface area (Å²) in [6, 6.07) is 10.0. The molecule has 1 aromatic rings. The van der Waals surface area contributed by atoms with Crippen LogP contribution < -0.4 is 11.1 Å². The highest BCUT2D eigenvalue weighted by Crippen LogP contribution is 2.02. The molecule has 116 valence electrons. The molecular formula is C16H26N4O.